The Morgan fingerprint density at radius 1 is 0.815 bits per heavy atom. The van der Waals surface area contributed by atoms with Crippen LogP contribution in [0.3, 0.4) is 0 Å². The number of hydrogen-bond acceptors (Lipinski definition) is 0. The van der Waals surface area contributed by atoms with E-state index in [9.17, 15) is 0 Å². The first-order chi connectivity index (χ1) is 13.0. The van der Waals surface area contributed by atoms with Gasteiger partial charge in [-0.3, -0.25) is 0 Å². The Kier molecular flexibility index (Phi) is 5.21. The summed E-state index contributed by atoms with van der Waals surface area (Å²) in [6.07, 6.45) is 7.92. The first-order valence-electron chi connectivity index (χ1n) is 10.9. The Morgan fingerprint density at radius 2 is 1.48 bits per heavy atom. The highest BCUT2D eigenvalue weighted by molar-refractivity contribution is 5.77. The summed E-state index contributed by atoms with van der Waals surface area (Å²) in [5.41, 5.74) is 5.75. The molecule has 1 saturated carbocycles. The van der Waals surface area contributed by atoms with Crippen molar-refractivity contribution in [3.05, 3.63) is 65.2 Å². The molecule has 1 aliphatic carbocycles. The quantitative estimate of drug-likeness (QED) is 0.522. The number of hydrogen-bond donors (Lipinski definition) is 0. The normalized spacial score (nSPS) is 25.0. The smallest absolute Gasteiger partial charge is 0.199 e. The molecule has 1 heteroatoms. The molecule has 1 fully saturated rings. The summed E-state index contributed by atoms with van der Waals surface area (Å²) in [7, 11) is 0. The highest BCUT2D eigenvalue weighted by atomic mass is 15.1. The van der Waals surface area contributed by atoms with Crippen molar-refractivity contribution in [1.29, 1.82) is 0 Å². The number of nitrogens with zero attached hydrogens (tertiary/aromatic N) is 1. The molecule has 0 spiro atoms. The van der Waals surface area contributed by atoms with Crippen LogP contribution in [0.25, 0.3) is 0 Å². The van der Waals surface area contributed by atoms with Crippen LogP contribution in [0.2, 0.25) is 0 Å². The van der Waals surface area contributed by atoms with Gasteiger partial charge in [0.05, 0.1) is 5.92 Å². The lowest BCUT2D eigenvalue weighted by molar-refractivity contribution is -0.484. The number of fused-ring (bicyclic) bond motifs is 1. The van der Waals surface area contributed by atoms with Gasteiger partial charge in [-0.25, -0.2) is 0 Å². The largest absolute Gasteiger partial charge is 0.209 e. The van der Waals surface area contributed by atoms with Crippen LogP contribution in [-0.4, -0.2) is 16.8 Å². The summed E-state index contributed by atoms with van der Waals surface area (Å²) in [5.74, 6) is 2.73. The summed E-state index contributed by atoms with van der Waals surface area (Å²) < 4.78 is 2.62. The van der Waals surface area contributed by atoms with E-state index in [-0.39, 0.29) is 0 Å². The zero-order valence-electron chi connectivity index (χ0n) is 17.4. The Bertz CT molecular complexity index is 804. The fourth-order valence-electron chi connectivity index (χ4n) is 5.03. The molecule has 2 aromatic carbocycles. The first-order valence-corrected chi connectivity index (χ1v) is 10.9. The predicted molar refractivity (Wildman–Crippen MR) is 115 cm³/mol. The molecule has 2 aliphatic rings. The van der Waals surface area contributed by atoms with E-state index in [1.165, 1.54) is 48.1 Å². The SMILES string of the molecule is CC(C)c1ccc(C2C=[N+](C3CCC(C(C)C)CC3)c3ccccc32)cc1. The van der Waals surface area contributed by atoms with Gasteiger partial charge in [0.2, 0.25) is 5.69 Å². The first kappa shape index (κ1) is 18.5. The van der Waals surface area contributed by atoms with E-state index in [0.29, 0.717) is 17.9 Å². The molecule has 0 N–H and O–H groups in total. The maximum absolute atomic E-state index is 2.62. The third kappa shape index (κ3) is 3.61. The van der Waals surface area contributed by atoms with E-state index in [2.05, 4.69) is 87.0 Å². The van der Waals surface area contributed by atoms with E-state index in [1.807, 2.05) is 0 Å². The molecule has 0 radical (unpaired) electrons. The number of para-hydroxylation sites is 1. The van der Waals surface area contributed by atoms with Gasteiger partial charge in [-0.2, -0.15) is 4.58 Å². The lowest BCUT2D eigenvalue weighted by Gasteiger charge is -2.28. The van der Waals surface area contributed by atoms with E-state index in [1.54, 1.807) is 0 Å². The predicted octanol–water partition coefficient (Wildman–Crippen LogP) is 6.89. The van der Waals surface area contributed by atoms with Crippen molar-refractivity contribution in [2.24, 2.45) is 11.8 Å². The Balaban J connectivity index is 1.62. The molecule has 1 atom stereocenters. The van der Waals surface area contributed by atoms with Gasteiger partial charge < -0.3 is 0 Å². The third-order valence-electron chi connectivity index (χ3n) is 6.90. The van der Waals surface area contributed by atoms with Gasteiger partial charge in [0.1, 0.15) is 0 Å². The van der Waals surface area contributed by atoms with Crippen LogP contribution in [0.1, 0.15) is 81.9 Å². The summed E-state index contributed by atoms with van der Waals surface area (Å²) >= 11 is 0. The monoisotopic (exact) mass is 360 g/mol. The van der Waals surface area contributed by atoms with E-state index >= 15 is 0 Å². The van der Waals surface area contributed by atoms with Crippen molar-refractivity contribution in [3.8, 4) is 0 Å². The molecule has 1 nitrogen and oxygen atoms in total. The molecule has 0 amide bonds. The average Bonchev–Trinajstić information content (AvgIpc) is 3.08. The Morgan fingerprint density at radius 3 is 2.11 bits per heavy atom. The van der Waals surface area contributed by atoms with Crippen LogP contribution in [0.15, 0.2) is 48.5 Å². The number of benzene rings is 2. The lowest BCUT2D eigenvalue weighted by Crippen LogP contribution is -2.29. The van der Waals surface area contributed by atoms with Gasteiger partial charge in [-0.1, -0.05) is 70.2 Å². The van der Waals surface area contributed by atoms with Gasteiger partial charge in [0.15, 0.2) is 12.3 Å². The second-order valence-electron chi connectivity index (χ2n) is 9.23. The van der Waals surface area contributed by atoms with Crippen LogP contribution >= 0.6 is 0 Å². The van der Waals surface area contributed by atoms with Crippen LogP contribution in [-0.2, 0) is 0 Å². The van der Waals surface area contributed by atoms with Crippen LogP contribution in [0.5, 0.6) is 0 Å². The number of rotatable bonds is 4. The zero-order chi connectivity index (χ0) is 19.0. The zero-order valence-corrected chi connectivity index (χ0v) is 17.4. The average molecular weight is 361 g/mol. The molecule has 0 saturated heterocycles. The van der Waals surface area contributed by atoms with Gasteiger partial charge in [-0.05, 0) is 41.7 Å². The molecule has 1 aliphatic heterocycles. The summed E-state index contributed by atoms with van der Waals surface area (Å²) in [5, 5.41) is 0. The molecule has 0 aromatic heterocycles. The van der Waals surface area contributed by atoms with Crippen molar-refractivity contribution in [1.82, 2.24) is 0 Å². The van der Waals surface area contributed by atoms with Crippen LogP contribution in [0, 0.1) is 11.8 Å². The van der Waals surface area contributed by atoms with E-state index in [4.69, 9.17) is 0 Å². The van der Waals surface area contributed by atoms with Crippen molar-refractivity contribution in [2.75, 3.05) is 0 Å². The second-order valence-corrected chi connectivity index (χ2v) is 9.23. The van der Waals surface area contributed by atoms with Gasteiger partial charge >= 0.3 is 0 Å². The molecule has 4 rings (SSSR count). The Hall–Kier alpha value is -1.89. The van der Waals surface area contributed by atoms with Gasteiger partial charge in [-0.15, -0.1) is 0 Å². The standard InChI is InChI=1S/C26H34N/c1-18(2)20-9-11-22(12-10-20)25-17-27(26-8-6-5-7-24(25)26)23-15-13-21(14-16-23)19(3)4/h5-12,17-19,21,23,25H,13-16H2,1-4H3/q+1. The molecule has 27 heavy (non-hydrogen) atoms. The van der Waals surface area contributed by atoms with Crippen molar-refractivity contribution in [2.45, 2.75) is 71.3 Å². The van der Waals surface area contributed by atoms with Gasteiger partial charge in [0, 0.05) is 24.5 Å². The van der Waals surface area contributed by atoms with E-state index < -0.39 is 0 Å². The molecular weight excluding hydrogens is 326 g/mol. The highest BCUT2D eigenvalue weighted by Crippen LogP contribution is 2.40. The molecule has 1 unspecified atom stereocenters. The molecule has 142 valence electrons. The topological polar surface area (TPSA) is 3.01 Å². The van der Waals surface area contributed by atoms with Crippen LogP contribution in [0.4, 0.5) is 5.69 Å². The summed E-state index contributed by atoms with van der Waals surface area (Å²) in [6.45, 7) is 9.31. The van der Waals surface area contributed by atoms with Crippen LogP contribution < -0.4 is 0 Å². The lowest BCUT2D eigenvalue weighted by atomic mass is 9.79. The highest BCUT2D eigenvalue weighted by Gasteiger charge is 2.38. The molecule has 1 heterocycles. The Labute approximate surface area is 165 Å². The minimum absolute atomic E-state index is 0.394. The minimum Gasteiger partial charge on any atom is -0.199 e. The minimum atomic E-state index is 0.394. The van der Waals surface area contributed by atoms with E-state index in [0.717, 1.165) is 11.8 Å². The van der Waals surface area contributed by atoms with Gasteiger partial charge in [0.25, 0.3) is 0 Å². The molecular formula is C26H34N+. The third-order valence-corrected chi connectivity index (χ3v) is 6.90. The summed E-state index contributed by atoms with van der Waals surface area (Å²) in [6, 6.07) is 19.0. The fraction of sp³-hybridized carbons (Fsp3) is 0.500. The maximum Gasteiger partial charge on any atom is 0.209 e. The molecule has 2 aromatic rings. The molecule has 0 bridgehead atoms. The van der Waals surface area contributed by atoms with Crippen molar-refractivity contribution in [3.63, 3.8) is 0 Å². The second kappa shape index (κ2) is 7.62. The van der Waals surface area contributed by atoms with Crippen molar-refractivity contribution >= 4 is 11.9 Å². The summed E-state index contributed by atoms with van der Waals surface area (Å²) in [4.78, 5) is 0. The maximum atomic E-state index is 2.62. The van der Waals surface area contributed by atoms with Crippen molar-refractivity contribution < 1.29 is 4.58 Å². The fourth-order valence-corrected chi connectivity index (χ4v) is 5.03.